The number of anilines is 1. The number of nitrogens with zero attached hydrogens (tertiary/aromatic N) is 4. The lowest BCUT2D eigenvalue weighted by molar-refractivity contribution is 0.00445. The van der Waals surface area contributed by atoms with Crippen LogP contribution in [0.1, 0.15) is 19.8 Å². The number of benzene rings is 1. The SMILES string of the molecule is C[C@@H](C1CCN(c2noc(-c3ccccc3)n2)CC1)N1CCOCC1. The molecule has 0 saturated carbocycles. The summed E-state index contributed by atoms with van der Waals surface area (Å²) in [5, 5.41) is 4.19. The van der Waals surface area contributed by atoms with E-state index < -0.39 is 0 Å². The molecule has 0 unspecified atom stereocenters. The summed E-state index contributed by atoms with van der Waals surface area (Å²) in [6.07, 6.45) is 2.35. The fourth-order valence-corrected chi connectivity index (χ4v) is 3.91. The van der Waals surface area contributed by atoms with E-state index in [2.05, 4.69) is 26.9 Å². The zero-order valence-electron chi connectivity index (χ0n) is 14.8. The number of hydrogen-bond acceptors (Lipinski definition) is 6. The van der Waals surface area contributed by atoms with Gasteiger partial charge >= 0.3 is 0 Å². The second kappa shape index (κ2) is 7.54. The highest BCUT2D eigenvalue weighted by Crippen LogP contribution is 2.27. The second-order valence-corrected chi connectivity index (χ2v) is 6.98. The molecule has 0 amide bonds. The van der Waals surface area contributed by atoms with Crippen molar-refractivity contribution in [1.29, 1.82) is 0 Å². The van der Waals surface area contributed by atoms with E-state index in [4.69, 9.17) is 9.26 Å². The van der Waals surface area contributed by atoms with Crippen LogP contribution in [-0.4, -0.2) is 60.5 Å². The molecule has 4 rings (SSSR count). The Morgan fingerprint density at radius 2 is 1.76 bits per heavy atom. The molecule has 134 valence electrons. The van der Waals surface area contributed by atoms with Gasteiger partial charge in [-0.15, -0.1) is 0 Å². The van der Waals surface area contributed by atoms with Gasteiger partial charge in [0, 0.05) is 37.8 Å². The summed E-state index contributed by atoms with van der Waals surface area (Å²) >= 11 is 0. The van der Waals surface area contributed by atoms with Crippen LogP contribution in [0.15, 0.2) is 34.9 Å². The lowest BCUT2D eigenvalue weighted by atomic mass is 9.89. The normalized spacial score (nSPS) is 21.4. The highest BCUT2D eigenvalue weighted by molar-refractivity contribution is 5.54. The molecule has 0 radical (unpaired) electrons. The number of rotatable bonds is 4. The van der Waals surface area contributed by atoms with Gasteiger partial charge in [-0.3, -0.25) is 4.90 Å². The summed E-state index contributed by atoms with van der Waals surface area (Å²) < 4.78 is 10.9. The summed E-state index contributed by atoms with van der Waals surface area (Å²) in [7, 11) is 0. The predicted molar refractivity (Wildman–Crippen MR) is 96.5 cm³/mol. The summed E-state index contributed by atoms with van der Waals surface area (Å²) in [5.74, 6) is 2.05. The monoisotopic (exact) mass is 342 g/mol. The minimum atomic E-state index is 0.597. The Kier molecular flexibility index (Phi) is 4.99. The highest BCUT2D eigenvalue weighted by Gasteiger charge is 2.29. The molecule has 2 saturated heterocycles. The lowest BCUT2D eigenvalue weighted by Crippen LogP contribution is -2.48. The van der Waals surface area contributed by atoms with Gasteiger partial charge in [0.2, 0.25) is 0 Å². The molecule has 6 nitrogen and oxygen atoms in total. The van der Waals surface area contributed by atoms with Crippen molar-refractivity contribution in [3.8, 4) is 11.5 Å². The molecular formula is C19H26N4O2. The van der Waals surface area contributed by atoms with Gasteiger partial charge in [0.25, 0.3) is 11.8 Å². The Bertz CT molecular complexity index is 661. The van der Waals surface area contributed by atoms with E-state index in [1.165, 1.54) is 12.8 Å². The average Bonchev–Trinajstić information content (AvgIpc) is 3.19. The second-order valence-electron chi connectivity index (χ2n) is 6.98. The Morgan fingerprint density at radius 1 is 1.04 bits per heavy atom. The third kappa shape index (κ3) is 3.70. The van der Waals surface area contributed by atoms with Crippen molar-refractivity contribution < 1.29 is 9.26 Å². The van der Waals surface area contributed by atoms with Gasteiger partial charge in [-0.05, 0) is 43.0 Å². The third-order valence-corrected chi connectivity index (χ3v) is 5.56. The molecule has 6 heteroatoms. The standard InChI is InChI=1S/C19H26N4O2/c1-15(22-11-13-24-14-12-22)16-7-9-23(10-8-16)19-20-18(25-21-19)17-5-3-2-4-6-17/h2-6,15-16H,7-14H2,1H3/t15-/m0/s1. The molecule has 0 spiro atoms. The maximum absolute atomic E-state index is 5.47. The smallest absolute Gasteiger partial charge is 0.266 e. The van der Waals surface area contributed by atoms with Crippen molar-refractivity contribution in [1.82, 2.24) is 15.0 Å². The zero-order chi connectivity index (χ0) is 17.1. The fraction of sp³-hybridized carbons (Fsp3) is 0.579. The van der Waals surface area contributed by atoms with Gasteiger partial charge in [-0.25, -0.2) is 0 Å². The van der Waals surface area contributed by atoms with Gasteiger partial charge in [0.05, 0.1) is 13.2 Å². The van der Waals surface area contributed by atoms with Crippen LogP contribution in [-0.2, 0) is 4.74 Å². The van der Waals surface area contributed by atoms with Gasteiger partial charge in [-0.2, -0.15) is 4.98 Å². The van der Waals surface area contributed by atoms with Crippen molar-refractivity contribution in [2.75, 3.05) is 44.3 Å². The van der Waals surface area contributed by atoms with Crippen molar-refractivity contribution in [3.05, 3.63) is 30.3 Å². The van der Waals surface area contributed by atoms with E-state index in [9.17, 15) is 0 Å². The quantitative estimate of drug-likeness (QED) is 0.851. The van der Waals surface area contributed by atoms with Gasteiger partial charge < -0.3 is 14.2 Å². The van der Waals surface area contributed by atoms with Crippen LogP contribution in [0.3, 0.4) is 0 Å². The molecular weight excluding hydrogens is 316 g/mol. The van der Waals surface area contributed by atoms with Crippen LogP contribution in [0.4, 0.5) is 5.95 Å². The molecule has 2 aromatic rings. The van der Waals surface area contributed by atoms with Crippen LogP contribution in [0.5, 0.6) is 0 Å². The summed E-state index contributed by atoms with van der Waals surface area (Å²) in [4.78, 5) is 9.41. The Balaban J connectivity index is 1.35. The molecule has 1 aromatic carbocycles. The molecule has 25 heavy (non-hydrogen) atoms. The largest absolute Gasteiger partial charge is 0.379 e. The number of piperidine rings is 1. The number of hydrogen-bond donors (Lipinski definition) is 0. The molecule has 1 atom stereocenters. The Morgan fingerprint density at radius 3 is 2.48 bits per heavy atom. The van der Waals surface area contributed by atoms with Crippen LogP contribution in [0.2, 0.25) is 0 Å². The van der Waals surface area contributed by atoms with E-state index in [1.807, 2.05) is 30.3 Å². The Hall–Kier alpha value is -1.92. The van der Waals surface area contributed by atoms with Gasteiger partial charge in [0.1, 0.15) is 0 Å². The van der Waals surface area contributed by atoms with Crippen LogP contribution >= 0.6 is 0 Å². The summed E-state index contributed by atoms with van der Waals surface area (Å²) in [5.41, 5.74) is 0.970. The average molecular weight is 342 g/mol. The number of aromatic nitrogens is 2. The topological polar surface area (TPSA) is 54.6 Å². The first kappa shape index (κ1) is 16.5. The van der Waals surface area contributed by atoms with E-state index in [1.54, 1.807) is 0 Å². The molecule has 1 aromatic heterocycles. The number of morpholine rings is 1. The fourth-order valence-electron chi connectivity index (χ4n) is 3.91. The molecule has 3 heterocycles. The van der Waals surface area contributed by atoms with Gasteiger partial charge in [0.15, 0.2) is 0 Å². The third-order valence-electron chi connectivity index (χ3n) is 5.56. The lowest BCUT2D eigenvalue weighted by Gasteiger charge is -2.40. The predicted octanol–water partition coefficient (Wildman–Crippen LogP) is 2.67. The molecule has 0 bridgehead atoms. The van der Waals surface area contributed by atoms with Crippen molar-refractivity contribution in [3.63, 3.8) is 0 Å². The maximum atomic E-state index is 5.47. The van der Waals surface area contributed by atoms with Crippen LogP contribution in [0.25, 0.3) is 11.5 Å². The highest BCUT2D eigenvalue weighted by atomic mass is 16.5. The first-order valence-corrected chi connectivity index (χ1v) is 9.27. The molecule has 2 aliphatic heterocycles. The van der Waals surface area contributed by atoms with E-state index in [0.29, 0.717) is 11.9 Å². The minimum Gasteiger partial charge on any atom is -0.379 e. The summed E-state index contributed by atoms with van der Waals surface area (Å²) in [6.45, 7) is 8.22. The number of ether oxygens (including phenoxy) is 1. The zero-order valence-corrected chi connectivity index (χ0v) is 14.8. The maximum Gasteiger partial charge on any atom is 0.266 e. The van der Waals surface area contributed by atoms with Crippen molar-refractivity contribution >= 4 is 5.95 Å². The Labute approximate surface area is 148 Å². The van der Waals surface area contributed by atoms with E-state index >= 15 is 0 Å². The molecule has 0 N–H and O–H groups in total. The first-order valence-electron chi connectivity index (χ1n) is 9.27. The first-order chi connectivity index (χ1) is 12.3. The van der Waals surface area contributed by atoms with Crippen LogP contribution in [0, 0.1) is 5.92 Å². The van der Waals surface area contributed by atoms with Crippen molar-refractivity contribution in [2.24, 2.45) is 5.92 Å². The van der Waals surface area contributed by atoms with Crippen LogP contribution < -0.4 is 4.90 Å². The van der Waals surface area contributed by atoms with E-state index in [0.717, 1.165) is 56.8 Å². The molecule has 2 aliphatic rings. The minimum absolute atomic E-state index is 0.597. The van der Waals surface area contributed by atoms with Gasteiger partial charge in [-0.1, -0.05) is 18.2 Å². The molecule has 2 fully saturated rings. The molecule has 0 aliphatic carbocycles. The van der Waals surface area contributed by atoms with E-state index in [-0.39, 0.29) is 0 Å². The summed E-state index contributed by atoms with van der Waals surface area (Å²) in [6, 6.07) is 10.6. The van der Waals surface area contributed by atoms with Crippen molar-refractivity contribution in [2.45, 2.75) is 25.8 Å².